The molecule has 0 unspecified atom stereocenters. The molecule has 5 heteroatoms. The Morgan fingerprint density at radius 3 is 3.00 bits per heavy atom. The highest BCUT2D eigenvalue weighted by molar-refractivity contribution is 7.98. The summed E-state index contributed by atoms with van der Waals surface area (Å²) in [6, 6.07) is 7.87. The van der Waals surface area contributed by atoms with E-state index >= 15 is 0 Å². The van der Waals surface area contributed by atoms with Gasteiger partial charge in [-0.15, -0.1) is 0 Å². The predicted molar refractivity (Wildman–Crippen MR) is 76.7 cm³/mol. The summed E-state index contributed by atoms with van der Waals surface area (Å²) in [5, 5.41) is 1.02. The number of para-hydroxylation sites is 1. The third kappa shape index (κ3) is 1.62. The van der Waals surface area contributed by atoms with Gasteiger partial charge in [-0.2, -0.15) is 11.8 Å². The van der Waals surface area contributed by atoms with E-state index in [-0.39, 0.29) is 0 Å². The van der Waals surface area contributed by atoms with E-state index < -0.39 is 0 Å². The Hall–Kier alpha value is -2.01. The average Bonchev–Trinajstić information content (AvgIpc) is 3.04. The lowest BCUT2D eigenvalue weighted by Crippen LogP contribution is -2.02. The summed E-state index contributed by atoms with van der Waals surface area (Å²) in [5.74, 6) is 3.07. The molecule has 0 saturated heterocycles. The van der Waals surface area contributed by atoms with Crippen molar-refractivity contribution in [3.63, 3.8) is 0 Å². The van der Waals surface area contributed by atoms with Crippen LogP contribution < -0.4 is 5.73 Å². The van der Waals surface area contributed by atoms with Crippen molar-refractivity contribution in [1.29, 1.82) is 0 Å². The topological polar surface area (TPSA) is 64.9 Å². The summed E-state index contributed by atoms with van der Waals surface area (Å²) in [5.41, 5.74) is 9.91. The van der Waals surface area contributed by atoms with Crippen molar-refractivity contribution >= 4 is 28.5 Å². The molecule has 19 heavy (non-hydrogen) atoms. The fraction of sp³-hybridized carbons (Fsp3) is 0.143. The van der Waals surface area contributed by atoms with Gasteiger partial charge in [-0.25, -0.2) is 9.97 Å². The first-order valence-corrected chi connectivity index (χ1v) is 7.18. The molecular formula is C14H11N3OS. The maximum atomic E-state index is 6.03. The Labute approximate surface area is 114 Å². The third-order valence-electron chi connectivity index (χ3n) is 3.33. The lowest BCUT2D eigenvalue weighted by molar-refractivity contribution is 0.616. The van der Waals surface area contributed by atoms with Crippen molar-refractivity contribution in [2.45, 2.75) is 11.5 Å². The van der Waals surface area contributed by atoms with E-state index in [9.17, 15) is 0 Å². The zero-order chi connectivity index (χ0) is 12.8. The number of hydrogen-bond donors (Lipinski definition) is 1. The molecule has 0 spiro atoms. The van der Waals surface area contributed by atoms with Crippen LogP contribution in [0.4, 0.5) is 5.82 Å². The minimum atomic E-state index is 0.593. The molecule has 1 aromatic carbocycles. The second-order valence-electron chi connectivity index (χ2n) is 4.50. The van der Waals surface area contributed by atoms with Gasteiger partial charge >= 0.3 is 0 Å². The average molecular weight is 269 g/mol. The van der Waals surface area contributed by atoms with Gasteiger partial charge < -0.3 is 10.2 Å². The molecule has 0 saturated carbocycles. The molecule has 4 nitrogen and oxygen atoms in total. The Kier molecular flexibility index (Phi) is 2.29. The van der Waals surface area contributed by atoms with Crippen LogP contribution in [0.3, 0.4) is 0 Å². The predicted octanol–water partition coefficient (Wildman–Crippen LogP) is 3.22. The molecule has 3 aromatic rings. The summed E-state index contributed by atoms with van der Waals surface area (Å²) >= 11 is 1.82. The highest BCUT2D eigenvalue weighted by atomic mass is 32.2. The smallest absolute Gasteiger partial charge is 0.165 e. The van der Waals surface area contributed by atoms with Gasteiger partial charge in [0.15, 0.2) is 5.82 Å². The van der Waals surface area contributed by atoms with E-state index in [4.69, 9.17) is 10.2 Å². The number of rotatable bonds is 1. The van der Waals surface area contributed by atoms with Gasteiger partial charge in [-0.3, -0.25) is 0 Å². The van der Waals surface area contributed by atoms with Gasteiger partial charge in [0.25, 0.3) is 0 Å². The molecule has 1 aliphatic heterocycles. The van der Waals surface area contributed by atoms with E-state index in [1.807, 2.05) is 36.0 Å². The number of anilines is 1. The number of furan rings is 1. The van der Waals surface area contributed by atoms with Crippen LogP contribution >= 0.6 is 11.8 Å². The lowest BCUT2D eigenvalue weighted by Gasteiger charge is -2.04. The van der Waals surface area contributed by atoms with Crippen LogP contribution in [0.1, 0.15) is 11.3 Å². The SMILES string of the molecule is Nc1nc(-c2coc3ccccc23)nc2c1CSC2. The van der Waals surface area contributed by atoms with Crippen molar-refractivity contribution < 1.29 is 4.42 Å². The molecule has 2 N–H and O–H groups in total. The van der Waals surface area contributed by atoms with Gasteiger partial charge in [-0.05, 0) is 6.07 Å². The number of aromatic nitrogens is 2. The summed E-state index contributed by atoms with van der Waals surface area (Å²) < 4.78 is 5.54. The zero-order valence-electron chi connectivity index (χ0n) is 10.1. The van der Waals surface area contributed by atoms with Crippen LogP contribution in [0.25, 0.3) is 22.4 Å². The summed E-state index contributed by atoms with van der Waals surface area (Å²) in [4.78, 5) is 9.07. The number of nitrogen functional groups attached to an aromatic ring is 1. The van der Waals surface area contributed by atoms with E-state index in [0.717, 1.165) is 39.3 Å². The van der Waals surface area contributed by atoms with Gasteiger partial charge in [0.05, 0.1) is 11.3 Å². The fourth-order valence-corrected chi connectivity index (χ4v) is 3.40. The molecular weight excluding hydrogens is 258 g/mol. The number of nitrogens with two attached hydrogens (primary N) is 1. The van der Waals surface area contributed by atoms with Crippen LogP contribution in [0.2, 0.25) is 0 Å². The van der Waals surface area contributed by atoms with E-state index in [1.54, 1.807) is 6.26 Å². The molecule has 4 rings (SSSR count). The second kappa shape index (κ2) is 3.99. The number of nitrogens with zero attached hydrogens (tertiary/aromatic N) is 2. The third-order valence-corrected chi connectivity index (χ3v) is 4.30. The second-order valence-corrected chi connectivity index (χ2v) is 5.48. The molecule has 0 atom stereocenters. The van der Waals surface area contributed by atoms with Crippen molar-refractivity contribution in [2.75, 3.05) is 5.73 Å². The zero-order valence-corrected chi connectivity index (χ0v) is 10.9. The Balaban J connectivity index is 1.95. The van der Waals surface area contributed by atoms with E-state index in [2.05, 4.69) is 9.97 Å². The first-order chi connectivity index (χ1) is 9.33. The minimum absolute atomic E-state index is 0.593. The molecule has 2 aromatic heterocycles. The van der Waals surface area contributed by atoms with Gasteiger partial charge in [0.1, 0.15) is 17.7 Å². The van der Waals surface area contributed by atoms with Crippen molar-refractivity contribution in [1.82, 2.24) is 9.97 Å². The van der Waals surface area contributed by atoms with E-state index in [0.29, 0.717) is 11.6 Å². The Morgan fingerprint density at radius 2 is 2.05 bits per heavy atom. The molecule has 94 valence electrons. The first kappa shape index (κ1) is 10.9. The van der Waals surface area contributed by atoms with Crippen LogP contribution in [0.5, 0.6) is 0 Å². The summed E-state index contributed by atoms with van der Waals surface area (Å²) in [6.07, 6.45) is 1.70. The largest absolute Gasteiger partial charge is 0.464 e. The maximum Gasteiger partial charge on any atom is 0.165 e. The number of benzene rings is 1. The molecule has 0 amide bonds. The normalized spacial score (nSPS) is 13.9. The molecule has 0 aliphatic carbocycles. The number of hydrogen-bond acceptors (Lipinski definition) is 5. The molecule has 3 heterocycles. The fourth-order valence-electron chi connectivity index (χ4n) is 2.35. The molecule has 1 aliphatic rings. The Morgan fingerprint density at radius 1 is 1.16 bits per heavy atom. The van der Waals surface area contributed by atoms with Crippen LogP contribution in [0.15, 0.2) is 34.9 Å². The standard InChI is InChI=1S/C14H11N3OS/c15-13-10-6-19-7-11(10)16-14(17-13)9-5-18-12-4-2-1-3-8(9)12/h1-5H,6-7H2,(H2,15,16,17). The lowest BCUT2D eigenvalue weighted by atomic mass is 10.1. The quantitative estimate of drug-likeness (QED) is 0.734. The van der Waals surface area contributed by atoms with Gasteiger partial charge in [-0.1, -0.05) is 18.2 Å². The minimum Gasteiger partial charge on any atom is -0.464 e. The summed E-state index contributed by atoms with van der Waals surface area (Å²) in [7, 11) is 0. The highest BCUT2D eigenvalue weighted by Crippen LogP contribution is 2.35. The Bertz CT molecular complexity index is 781. The van der Waals surface area contributed by atoms with Crippen LogP contribution in [-0.2, 0) is 11.5 Å². The molecule has 0 fully saturated rings. The van der Waals surface area contributed by atoms with Crippen LogP contribution in [0, 0.1) is 0 Å². The monoisotopic (exact) mass is 269 g/mol. The maximum absolute atomic E-state index is 6.03. The van der Waals surface area contributed by atoms with Crippen molar-refractivity contribution in [3.05, 3.63) is 41.8 Å². The molecule has 0 bridgehead atoms. The summed E-state index contributed by atoms with van der Waals surface area (Å²) in [6.45, 7) is 0. The number of thioether (sulfide) groups is 1. The highest BCUT2D eigenvalue weighted by Gasteiger charge is 2.20. The van der Waals surface area contributed by atoms with Crippen molar-refractivity contribution in [2.24, 2.45) is 0 Å². The number of fused-ring (bicyclic) bond motifs is 2. The van der Waals surface area contributed by atoms with Gasteiger partial charge in [0, 0.05) is 22.5 Å². The van der Waals surface area contributed by atoms with E-state index in [1.165, 1.54) is 0 Å². The van der Waals surface area contributed by atoms with Gasteiger partial charge in [0.2, 0.25) is 0 Å². The van der Waals surface area contributed by atoms with Crippen molar-refractivity contribution in [3.8, 4) is 11.4 Å². The van der Waals surface area contributed by atoms with Crippen LogP contribution in [-0.4, -0.2) is 9.97 Å². The first-order valence-electron chi connectivity index (χ1n) is 6.02. The molecule has 0 radical (unpaired) electrons.